The average Bonchev–Trinajstić information content (AvgIpc) is 1.25. The molecule has 27 nitrogen and oxygen atoms in total. The van der Waals surface area contributed by atoms with E-state index in [4.69, 9.17) is 41.2 Å². The number of anilines is 8. The van der Waals surface area contributed by atoms with E-state index < -0.39 is 11.6 Å². The molecule has 0 radical (unpaired) electrons. The van der Waals surface area contributed by atoms with Gasteiger partial charge in [-0.05, 0) is 265 Å². The summed E-state index contributed by atoms with van der Waals surface area (Å²) in [5.41, 5.74) is 20.4. The normalized spacial score (nSPS) is 18.1. The first-order valence-corrected chi connectivity index (χ1v) is 45.6. The maximum atomic E-state index is 14.6. The molecule has 4 saturated heterocycles. The molecule has 4 fully saturated rings. The number of halogens is 7. The lowest BCUT2D eigenvalue weighted by atomic mass is 9.64. The number of nitrogens with one attached hydrogen (secondary N) is 4. The summed E-state index contributed by atoms with van der Waals surface area (Å²) >= 11 is 26.9. The molecule has 8 aromatic carbocycles. The van der Waals surface area contributed by atoms with Gasteiger partial charge in [0.2, 0.25) is 5.91 Å². The Labute approximate surface area is 761 Å². The third-order valence-corrected chi connectivity index (χ3v) is 29.1. The van der Waals surface area contributed by atoms with Gasteiger partial charge in [-0.25, -0.2) is 8.78 Å². The van der Waals surface area contributed by atoms with Crippen molar-refractivity contribution in [2.75, 3.05) is 119 Å². The van der Waals surface area contributed by atoms with Gasteiger partial charge in [-0.15, -0.1) is 57.4 Å². The number of alkyl halides is 2. The van der Waals surface area contributed by atoms with Gasteiger partial charge in [-0.1, -0.05) is 135 Å². The molecule has 9 aliphatic rings. The van der Waals surface area contributed by atoms with Crippen molar-refractivity contribution in [3.63, 3.8) is 0 Å². The largest absolute Gasteiger partial charge is 0.343 e. The first-order chi connectivity index (χ1) is 60.9. The van der Waals surface area contributed by atoms with E-state index in [1.807, 2.05) is 41.3 Å². The van der Waals surface area contributed by atoms with Crippen molar-refractivity contribution in [3.8, 4) is 12.3 Å². The van der Waals surface area contributed by atoms with E-state index >= 15 is 0 Å². The standard InChI is InChI=1S/C26H25BrF2N8.C22H25BrN6.C22H22Cl2N6O.C22H25ClN6/c1-3-11-36-13-9-25(10-14-36)19-15-17(26(32-33-26)24(2,28)29)4-6-21(19)37(12-8-23-30-34-35-31-23)22-7-5-18(27)16-20(22)25;1-15-3-5-19-17(13-15)22(8-11-28(2)12-9-22)18-14-16(23)4-6-20(18)29(19)10-7-21-24-26-27-25-21;1-14(31)29-10-7-22(8-11-29)17-12-15(23)2-4-19(17)30(9-6-21-25-27-28-26-21)20-5-3-16(24)13-18(20)22;1-15-3-5-19-17(13-15)22(8-11-28(2)12-9-22)18-14-16(23)4-6-20(18)29(19)10-7-21-24-26-27-25-21/h1,4-7,15-16H,8-14H2,2H3,(H,30,31,34,35);3-6,13-14H,7-12H2,1-2H3,(H,24,25,26,27);2-5,12-13H,6-11H2,1H3,(H,25,26,27,28);3-6,13-14H,7-12H2,1-2H3,(H,24,25,26,27). The zero-order chi connectivity index (χ0) is 87.4. The molecular weight excluding hydrogens is 1790 g/mol. The number of terminal acetylenes is 1. The maximum Gasteiger partial charge on any atom is 0.297 e. The van der Waals surface area contributed by atoms with E-state index in [1.165, 1.54) is 72.8 Å². The Balaban J connectivity index is 0.000000114. The minimum atomic E-state index is -3.10. The van der Waals surface area contributed by atoms with Crippen LogP contribution >= 0.6 is 66.7 Å². The van der Waals surface area contributed by atoms with Crippen LogP contribution in [0.2, 0.25) is 15.1 Å². The molecule has 34 heteroatoms. The second kappa shape index (κ2) is 35.2. The summed E-state index contributed by atoms with van der Waals surface area (Å²) < 4.78 is 31.4. The van der Waals surface area contributed by atoms with Crippen LogP contribution in [-0.2, 0) is 57.8 Å². The van der Waals surface area contributed by atoms with E-state index in [0.29, 0.717) is 72.8 Å². The molecule has 650 valence electrons. The first kappa shape index (κ1) is 86.2. The first-order valence-electron chi connectivity index (χ1n) is 42.9. The number of carbonyl (C=O) groups excluding carboxylic acids is 1. The number of carbonyl (C=O) groups is 1. The maximum absolute atomic E-state index is 14.6. The summed E-state index contributed by atoms with van der Waals surface area (Å²) in [6.07, 6.45) is 16.0. The van der Waals surface area contributed by atoms with Gasteiger partial charge in [0.25, 0.3) is 11.6 Å². The number of benzene rings is 8. The number of amides is 1. The molecule has 4 spiro atoms. The van der Waals surface area contributed by atoms with Gasteiger partial charge in [0, 0.05) is 189 Å². The summed E-state index contributed by atoms with van der Waals surface area (Å²) in [6, 6.07) is 51.0. The van der Waals surface area contributed by atoms with Crippen molar-refractivity contribution >= 4 is 118 Å². The number of fused-ring (bicyclic) bond motifs is 16. The predicted molar refractivity (Wildman–Crippen MR) is 491 cm³/mol. The van der Waals surface area contributed by atoms with Crippen molar-refractivity contribution in [1.82, 2.24) is 102 Å². The van der Waals surface area contributed by atoms with Crippen LogP contribution in [0, 0.1) is 26.2 Å². The van der Waals surface area contributed by atoms with Crippen LogP contribution in [0.15, 0.2) is 165 Å². The smallest absolute Gasteiger partial charge is 0.297 e. The Morgan fingerprint density at radius 1 is 0.429 bits per heavy atom. The monoisotopic (exact) mass is 1880 g/mol. The van der Waals surface area contributed by atoms with Crippen molar-refractivity contribution in [2.24, 2.45) is 10.2 Å². The summed E-state index contributed by atoms with van der Waals surface area (Å²) in [7, 11) is 4.44. The predicted octanol–water partition coefficient (Wildman–Crippen LogP) is 16.9. The molecule has 0 atom stereocenters. The van der Waals surface area contributed by atoms with Crippen molar-refractivity contribution < 1.29 is 13.6 Å². The number of tetrazole rings is 4. The van der Waals surface area contributed by atoms with E-state index in [9.17, 15) is 13.6 Å². The Hall–Kier alpha value is -10.6. The topological polar surface area (TPSA) is 286 Å². The van der Waals surface area contributed by atoms with Crippen molar-refractivity contribution in [2.45, 2.75) is 138 Å². The molecule has 0 aliphatic carbocycles. The molecule has 9 aliphatic heterocycles. The molecule has 4 aromatic heterocycles. The van der Waals surface area contributed by atoms with Gasteiger partial charge in [-0.2, -0.15) is 20.9 Å². The second-order valence-corrected chi connectivity index (χ2v) is 37.8. The highest BCUT2D eigenvalue weighted by Gasteiger charge is 2.61. The van der Waals surface area contributed by atoms with Crippen LogP contribution in [0.4, 0.5) is 54.3 Å². The van der Waals surface area contributed by atoms with Gasteiger partial charge in [0.15, 0.2) is 23.3 Å². The van der Waals surface area contributed by atoms with Crippen molar-refractivity contribution in [3.05, 3.63) is 254 Å². The van der Waals surface area contributed by atoms with Crippen LogP contribution in [0.1, 0.15) is 150 Å². The third-order valence-electron chi connectivity index (χ3n) is 27.4. The summed E-state index contributed by atoms with van der Waals surface area (Å²) in [5, 5.41) is 67.7. The van der Waals surface area contributed by atoms with Crippen molar-refractivity contribution in [1.29, 1.82) is 0 Å². The lowest BCUT2D eigenvalue weighted by Crippen LogP contribution is -2.47. The SMILES string of the molecule is C#CCN1CCC2(CC1)c1cc(Br)ccc1N(CCc1nn[nH]n1)c1ccc(C3(C(C)(F)F)N=N3)cc12.CC(=O)N1CCC2(CC1)c1cc(Cl)ccc1N(CCc1nn[nH]n1)c1ccc(Cl)cc12.Cc1ccc2c(c1)C1(CCN(C)CC1)c1cc(Br)ccc1N2CCc1nn[nH]n1.Cc1ccc2c(c1)C1(CCN(C)CC1)c1cc(Cl)ccc1N2CCc1nn[nH]n1. The Morgan fingerprint density at radius 3 is 1.03 bits per heavy atom. The lowest BCUT2D eigenvalue weighted by molar-refractivity contribution is -0.130. The zero-order valence-electron chi connectivity index (χ0n) is 71.0. The van der Waals surface area contributed by atoms with E-state index in [1.54, 1.807) is 13.0 Å². The second-order valence-electron chi connectivity index (χ2n) is 34.7. The number of rotatable bonds is 15. The molecule has 0 saturated carbocycles. The average molecular weight is 1890 g/mol. The summed E-state index contributed by atoms with van der Waals surface area (Å²) in [4.78, 5) is 30.4. The fraction of sp³-hybridized carbons (Fsp3) is 0.402. The minimum absolute atomic E-state index is 0.0107. The number of piperidine rings is 4. The molecule has 12 aromatic rings. The van der Waals surface area contributed by atoms with Gasteiger partial charge in [0.1, 0.15) is 0 Å². The van der Waals surface area contributed by atoms with Crippen LogP contribution in [0.3, 0.4) is 0 Å². The number of likely N-dealkylation sites (tertiary alicyclic amines) is 4. The fourth-order valence-electron chi connectivity index (χ4n) is 20.8. The number of H-pyrrole nitrogens is 4. The molecule has 0 unspecified atom stereocenters. The fourth-order valence-corrected chi connectivity index (χ4v) is 22.0. The molecule has 21 rings (SSSR count). The molecular formula is C92H97Br2Cl3F2N26O. The highest BCUT2D eigenvalue weighted by Crippen LogP contribution is 2.61. The molecule has 126 heavy (non-hydrogen) atoms. The number of aryl methyl sites for hydroxylation is 2. The van der Waals surface area contributed by atoms with Gasteiger partial charge >= 0.3 is 0 Å². The van der Waals surface area contributed by atoms with Gasteiger partial charge in [-0.3, -0.25) is 9.69 Å². The highest BCUT2D eigenvalue weighted by atomic mass is 79.9. The number of hydrogen-bond acceptors (Lipinski definition) is 22. The van der Waals surface area contributed by atoms with E-state index in [0.717, 1.165) is 177 Å². The van der Waals surface area contributed by atoms with E-state index in [2.05, 4.69) is 296 Å². The summed E-state index contributed by atoms with van der Waals surface area (Å²) in [5.74, 6) is 2.52. The van der Waals surface area contributed by atoms with Gasteiger partial charge < -0.3 is 34.3 Å². The van der Waals surface area contributed by atoms with E-state index in [-0.39, 0.29) is 27.6 Å². The summed E-state index contributed by atoms with van der Waals surface area (Å²) in [6.45, 7) is 17.8. The minimum Gasteiger partial charge on any atom is -0.343 e. The molecule has 4 N–H and O–H groups in total. The highest BCUT2D eigenvalue weighted by molar-refractivity contribution is 9.10. The van der Waals surface area contributed by atoms with Gasteiger partial charge in [0.05, 0.1) is 6.54 Å². The molecule has 13 heterocycles. The van der Waals surface area contributed by atoms with Crippen LogP contribution in [0.5, 0.6) is 0 Å². The number of aromatic nitrogens is 16. The van der Waals surface area contributed by atoms with Crippen LogP contribution in [-0.4, -0.2) is 213 Å². The Morgan fingerprint density at radius 2 is 0.722 bits per heavy atom. The molecule has 0 bridgehead atoms. The van der Waals surface area contributed by atoms with Crippen LogP contribution < -0.4 is 19.6 Å². The Kier molecular flexibility index (Phi) is 24.1. The molecule has 1 amide bonds. The number of nitrogens with zero attached hydrogens (tertiary/aromatic N) is 22. The van der Waals surface area contributed by atoms with Crippen LogP contribution in [0.25, 0.3) is 0 Å². The lowest BCUT2D eigenvalue weighted by Gasteiger charge is -2.49. The quantitative estimate of drug-likeness (QED) is 0.0694. The zero-order valence-corrected chi connectivity index (χ0v) is 76.4. The number of hydrogen-bond donors (Lipinski definition) is 4. The number of aromatic amines is 4. The Bertz CT molecular complexity index is 5700. The third kappa shape index (κ3) is 16.3.